The van der Waals surface area contributed by atoms with E-state index in [0.717, 1.165) is 5.38 Å². The van der Waals surface area contributed by atoms with Crippen molar-refractivity contribution in [3.05, 3.63) is 16.1 Å². The first kappa shape index (κ1) is 20.3. The quantitative estimate of drug-likeness (QED) is 0.700. The molecule has 160 valence electrons. The van der Waals surface area contributed by atoms with Gasteiger partial charge in [-0.25, -0.2) is 27.5 Å². The van der Waals surface area contributed by atoms with Crippen LogP contribution in [0.2, 0.25) is 0 Å². The number of halogens is 7. The van der Waals surface area contributed by atoms with Gasteiger partial charge in [-0.05, 0) is 0 Å². The third-order valence-electron chi connectivity index (χ3n) is 4.90. The Morgan fingerprint density at radius 1 is 1.10 bits per heavy atom. The third kappa shape index (κ3) is 4.04. The molecule has 0 saturated heterocycles. The van der Waals surface area contributed by atoms with Crippen LogP contribution < -0.4 is 11.1 Å². The number of rotatable bonds is 4. The van der Waals surface area contributed by atoms with Gasteiger partial charge in [0, 0.05) is 43.1 Å². The van der Waals surface area contributed by atoms with E-state index in [9.17, 15) is 30.7 Å². The molecule has 1 aromatic heterocycles. The summed E-state index contributed by atoms with van der Waals surface area (Å²) in [4.78, 5) is 12.7. The summed E-state index contributed by atoms with van der Waals surface area (Å²) in [6.45, 7) is 0. The van der Waals surface area contributed by atoms with Crippen molar-refractivity contribution >= 4 is 23.1 Å². The van der Waals surface area contributed by atoms with E-state index in [4.69, 9.17) is 5.73 Å². The van der Waals surface area contributed by atoms with E-state index in [2.05, 4.69) is 20.3 Å². The molecule has 2 fully saturated rings. The van der Waals surface area contributed by atoms with E-state index in [1.54, 1.807) is 0 Å². The molecule has 2 saturated carbocycles. The maximum absolute atomic E-state index is 13.5. The van der Waals surface area contributed by atoms with Gasteiger partial charge in [-0.3, -0.25) is 5.32 Å². The molecule has 1 atom stereocenters. The number of hydrogen-bond donors (Lipinski definition) is 2. The molecule has 4 rings (SSSR count). The average molecular weight is 444 g/mol. The van der Waals surface area contributed by atoms with Crippen LogP contribution in [0.25, 0.3) is 0 Å². The first-order chi connectivity index (χ1) is 13.3. The van der Waals surface area contributed by atoms with Gasteiger partial charge in [0.05, 0.1) is 0 Å². The molecule has 1 aliphatic heterocycles. The van der Waals surface area contributed by atoms with Crippen LogP contribution in [0.5, 0.6) is 0 Å². The number of guanidine groups is 1. The first-order valence-electron chi connectivity index (χ1n) is 8.58. The number of nitrogens with two attached hydrogens (primary N) is 1. The molecule has 3 N–H and O–H groups in total. The lowest BCUT2D eigenvalue weighted by atomic mass is 9.85. The lowest BCUT2D eigenvalue weighted by Gasteiger charge is -2.48. The predicted molar refractivity (Wildman–Crippen MR) is 90.0 cm³/mol. The molecule has 0 aromatic carbocycles. The Labute approximate surface area is 163 Å². The summed E-state index contributed by atoms with van der Waals surface area (Å²) in [5.41, 5.74) is 5.47. The summed E-state index contributed by atoms with van der Waals surface area (Å²) >= 11 is 0.329. The average Bonchev–Trinajstić information content (AvgIpc) is 3.00. The van der Waals surface area contributed by atoms with Crippen LogP contribution in [-0.4, -0.2) is 51.9 Å². The number of thiazole rings is 1. The third-order valence-corrected chi connectivity index (χ3v) is 5.78. The zero-order valence-corrected chi connectivity index (χ0v) is 15.4. The molecule has 0 amide bonds. The molecular formula is C15H15F7N6S. The minimum atomic E-state index is -4.68. The topological polar surface area (TPSA) is 78.9 Å². The van der Waals surface area contributed by atoms with Crippen LogP contribution in [0.15, 0.2) is 15.4 Å². The normalized spacial score (nSPS) is 27.1. The van der Waals surface area contributed by atoms with Gasteiger partial charge < -0.3 is 10.6 Å². The summed E-state index contributed by atoms with van der Waals surface area (Å²) < 4.78 is 92.0. The minimum Gasteiger partial charge on any atom is -0.368 e. The zero-order chi connectivity index (χ0) is 21.2. The number of aromatic nitrogens is 1. The second-order valence-electron chi connectivity index (χ2n) is 7.29. The van der Waals surface area contributed by atoms with E-state index >= 15 is 0 Å². The highest BCUT2D eigenvalue weighted by Gasteiger charge is 2.53. The maximum Gasteiger partial charge on any atom is 0.443 e. The zero-order valence-electron chi connectivity index (χ0n) is 14.6. The van der Waals surface area contributed by atoms with Crippen LogP contribution in [0, 0.1) is 0 Å². The van der Waals surface area contributed by atoms with Crippen molar-refractivity contribution in [2.45, 2.75) is 62.1 Å². The Morgan fingerprint density at radius 3 is 2.24 bits per heavy atom. The van der Waals surface area contributed by atoms with Crippen LogP contribution >= 0.6 is 11.3 Å². The van der Waals surface area contributed by atoms with Gasteiger partial charge in [0.2, 0.25) is 5.96 Å². The highest BCUT2D eigenvalue weighted by Crippen LogP contribution is 2.43. The second kappa shape index (κ2) is 6.52. The van der Waals surface area contributed by atoms with Crippen molar-refractivity contribution in [1.29, 1.82) is 0 Å². The van der Waals surface area contributed by atoms with Crippen LogP contribution in [0.4, 0.5) is 30.7 Å². The van der Waals surface area contributed by atoms with E-state index in [1.165, 1.54) is 4.90 Å². The van der Waals surface area contributed by atoms with Crippen molar-refractivity contribution in [2.75, 3.05) is 0 Å². The summed E-state index contributed by atoms with van der Waals surface area (Å²) in [5.74, 6) is -6.22. The lowest BCUT2D eigenvalue weighted by Crippen LogP contribution is -2.64. The molecule has 29 heavy (non-hydrogen) atoms. The Bertz CT molecular complexity index is 848. The van der Waals surface area contributed by atoms with Crippen molar-refractivity contribution in [3.8, 4) is 0 Å². The first-order valence-corrected chi connectivity index (χ1v) is 9.46. The van der Waals surface area contributed by atoms with Crippen molar-refractivity contribution < 1.29 is 30.7 Å². The molecule has 2 heterocycles. The summed E-state index contributed by atoms with van der Waals surface area (Å²) in [7, 11) is 0. The summed E-state index contributed by atoms with van der Waals surface area (Å²) in [6.07, 6.45) is -7.86. The van der Waals surface area contributed by atoms with Gasteiger partial charge in [-0.1, -0.05) is 0 Å². The molecule has 0 spiro atoms. The standard InChI is InChI=1S/C15H15F7N6S/c16-13(17)1-6(2-13)24-12-27-11(23)26-9(28(12)7-3-14(18,19)4-7)8-5-29-10(25-8)15(20,21)22/h5-7,12,24H,1-4H2,(H2,23,27). The summed E-state index contributed by atoms with van der Waals surface area (Å²) in [6, 6.07) is -1.45. The van der Waals surface area contributed by atoms with Crippen molar-refractivity contribution in [3.63, 3.8) is 0 Å². The van der Waals surface area contributed by atoms with Crippen molar-refractivity contribution in [2.24, 2.45) is 15.7 Å². The molecule has 6 nitrogen and oxygen atoms in total. The molecule has 14 heteroatoms. The fraction of sp³-hybridized carbons (Fsp3) is 0.667. The number of nitrogens with zero attached hydrogens (tertiary/aromatic N) is 4. The Kier molecular flexibility index (Phi) is 4.57. The van der Waals surface area contributed by atoms with E-state index < -0.39 is 67.1 Å². The number of nitrogens with one attached hydrogen (secondary N) is 1. The molecular weight excluding hydrogens is 429 g/mol. The molecule has 0 bridgehead atoms. The fourth-order valence-electron chi connectivity index (χ4n) is 3.50. The molecule has 0 radical (unpaired) electrons. The van der Waals surface area contributed by atoms with Gasteiger partial charge in [0.25, 0.3) is 11.8 Å². The van der Waals surface area contributed by atoms with Gasteiger partial charge >= 0.3 is 6.18 Å². The fourth-order valence-corrected chi connectivity index (χ4v) is 4.17. The number of hydrogen-bond acceptors (Lipinski definition) is 7. The van der Waals surface area contributed by atoms with Crippen molar-refractivity contribution in [1.82, 2.24) is 15.2 Å². The highest BCUT2D eigenvalue weighted by molar-refractivity contribution is 7.10. The number of aliphatic imine (C=N–C) groups is 2. The number of alkyl halides is 7. The Morgan fingerprint density at radius 2 is 1.72 bits per heavy atom. The Hall–Kier alpha value is -1.96. The van der Waals surface area contributed by atoms with Gasteiger partial charge in [-0.2, -0.15) is 18.2 Å². The maximum atomic E-state index is 13.5. The lowest BCUT2D eigenvalue weighted by molar-refractivity contribution is -0.137. The Balaban J connectivity index is 1.63. The van der Waals surface area contributed by atoms with Crippen LogP contribution in [-0.2, 0) is 6.18 Å². The van der Waals surface area contributed by atoms with E-state index in [1.807, 2.05) is 0 Å². The smallest absolute Gasteiger partial charge is 0.368 e. The largest absolute Gasteiger partial charge is 0.443 e. The molecule has 1 aromatic rings. The second-order valence-corrected chi connectivity index (χ2v) is 8.14. The minimum absolute atomic E-state index is 0.145. The van der Waals surface area contributed by atoms with Gasteiger partial charge in [0.15, 0.2) is 17.1 Å². The molecule has 1 unspecified atom stereocenters. The van der Waals surface area contributed by atoms with Crippen LogP contribution in [0.1, 0.15) is 36.4 Å². The predicted octanol–water partition coefficient (Wildman–Crippen LogP) is 3.01. The van der Waals surface area contributed by atoms with Gasteiger partial charge in [0.1, 0.15) is 5.69 Å². The highest BCUT2D eigenvalue weighted by atomic mass is 32.1. The number of amidine groups is 1. The van der Waals surface area contributed by atoms with E-state index in [0.29, 0.717) is 11.3 Å². The monoisotopic (exact) mass is 444 g/mol. The van der Waals surface area contributed by atoms with Crippen LogP contribution in [0.3, 0.4) is 0 Å². The molecule has 3 aliphatic rings. The molecule has 2 aliphatic carbocycles. The van der Waals surface area contributed by atoms with E-state index in [-0.39, 0.29) is 17.5 Å². The summed E-state index contributed by atoms with van der Waals surface area (Å²) in [5, 5.41) is 2.78. The SMILES string of the molecule is NC1=NC(NC2CC(F)(F)C2)N(C2CC(F)(F)C2)C(c2csc(C(F)(F)F)n2)=N1. The van der Waals surface area contributed by atoms with Gasteiger partial charge in [-0.15, -0.1) is 11.3 Å².